The molecule has 0 saturated carbocycles. The fourth-order valence-corrected chi connectivity index (χ4v) is 2.46. The SMILES string of the molecule is N#Cc1c(Br)cccc1N1CC(Cl)CC1=O. The molecular weight excluding hydrogens is 291 g/mol. The number of benzene rings is 1. The number of nitriles is 1. The lowest BCUT2D eigenvalue weighted by molar-refractivity contribution is -0.117. The van der Waals surface area contributed by atoms with Gasteiger partial charge in [0.25, 0.3) is 0 Å². The Kier molecular flexibility index (Phi) is 3.17. The first-order chi connectivity index (χ1) is 7.63. The molecule has 1 fully saturated rings. The molecule has 1 aromatic rings. The lowest BCUT2D eigenvalue weighted by Gasteiger charge is -2.17. The van der Waals surface area contributed by atoms with E-state index in [1.54, 1.807) is 23.1 Å². The second-order valence-electron chi connectivity index (χ2n) is 3.55. The molecule has 1 aromatic carbocycles. The maximum Gasteiger partial charge on any atom is 0.228 e. The van der Waals surface area contributed by atoms with Gasteiger partial charge in [-0.25, -0.2) is 0 Å². The molecule has 1 heterocycles. The number of halogens is 2. The van der Waals surface area contributed by atoms with E-state index in [-0.39, 0.29) is 11.3 Å². The standard InChI is InChI=1S/C11H8BrClN2O/c12-9-2-1-3-10(8(9)5-14)15-6-7(13)4-11(15)16/h1-3,7H,4,6H2. The third-order valence-corrected chi connectivity index (χ3v) is 3.43. The predicted molar refractivity (Wildman–Crippen MR) is 65.5 cm³/mol. The van der Waals surface area contributed by atoms with Gasteiger partial charge in [-0.05, 0) is 28.1 Å². The summed E-state index contributed by atoms with van der Waals surface area (Å²) < 4.78 is 0.693. The highest BCUT2D eigenvalue weighted by Crippen LogP contribution is 2.31. The summed E-state index contributed by atoms with van der Waals surface area (Å²) in [6, 6.07) is 7.43. The first-order valence-corrected chi connectivity index (χ1v) is 5.99. The quantitative estimate of drug-likeness (QED) is 0.748. The number of hydrogen-bond donors (Lipinski definition) is 0. The van der Waals surface area contributed by atoms with Crippen LogP contribution in [0.25, 0.3) is 0 Å². The molecule has 82 valence electrons. The number of rotatable bonds is 1. The van der Waals surface area contributed by atoms with Gasteiger partial charge in [-0.3, -0.25) is 4.79 Å². The van der Waals surface area contributed by atoms with Gasteiger partial charge in [0.05, 0.1) is 16.6 Å². The van der Waals surface area contributed by atoms with Gasteiger partial charge in [-0.2, -0.15) is 5.26 Å². The Morgan fingerprint density at radius 1 is 1.56 bits per heavy atom. The zero-order valence-corrected chi connectivity index (χ0v) is 10.6. The third kappa shape index (κ3) is 1.93. The summed E-state index contributed by atoms with van der Waals surface area (Å²) in [7, 11) is 0. The van der Waals surface area contributed by atoms with Gasteiger partial charge in [0.2, 0.25) is 5.91 Å². The lowest BCUT2D eigenvalue weighted by atomic mass is 10.2. The van der Waals surface area contributed by atoms with Crippen LogP contribution in [0.3, 0.4) is 0 Å². The number of hydrogen-bond acceptors (Lipinski definition) is 2. The van der Waals surface area contributed by atoms with Crippen molar-refractivity contribution in [2.45, 2.75) is 11.8 Å². The van der Waals surface area contributed by atoms with Crippen molar-refractivity contribution in [1.29, 1.82) is 5.26 Å². The van der Waals surface area contributed by atoms with Crippen LogP contribution in [0.2, 0.25) is 0 Å². The maximum atomic E-state index is 11.7. The Labute approximate surface area is 107 Å². The van der Waals surface area contributed by atoms with E-state index in [1.807, 2.05) is 0 Å². The minimum Gasteiger partial charge on any atom is -0.310 e. The van der Waals surface area contributed by atoms with Crippen LogP contribution in [0.1, 0.15) is 12.0 Å². The van der Waals surface area contributed by atoms with Crippen LogP contribution in [0.15, 0.2) is 22.7 Å². The van der Waals surface area contributed by atoms with Crippen LogP contribution >= 0.6 is 27.5 Å². The van der Waals surface area contributed by atoms with Crippen LogP contribution in [0, 0.1) is 11.3 Å². The minimum absolute atomic E-state index is 0.0328. The molecule has 1 atom stereocenters. The van der Waals surface area contributed by atoms with Crippen molar-refractivity contribution >= 4 is 39.1 Å². The normalized spacial score (nSPS) is 19.9. The second-order valence-corrected chi connectivity index (χ2v) is 5.02. The molecule has 1 aliphatic rings. The smallest absolute Gasteiger partial charge is 0.228 e. The van der Waals surface area contributed by atoms with Crippen molar-refractivity contribution in [3.05, 3.63) is 28.2 Å². The van der Waals surface area contributed by atoms with E-state index >= 15 is 0 Å². The number of anilines is 1. The van der Waals surface area contributed by atoms with Crippen LogP contribution in [0.4, 0.5) is 5.69 Å². The summed E-state index contributed by atoms with van der Waals surface area (Å²) in [4.78, 5) is 13.3. The molecule has 0 radical (unpaired) electrons. The second kappa shape index (κ2) is 4.44. The molecule has 1 saturated heterocycles. The summed E-state index contributed by atoms with van der Waals surface area (Å²) in [5, 5.41) is 8.89. The van der Waals surface area contributed by atoms with E-state index in [0.717, 1.165) is 0 Å². The first-order valence-electron chi connectivity index (χ1n) is 4.76. The monoisotopic (exact) mass is 298 g/mol. The van der Waals surface area contributed by atoms with Crippen molar-refractivity contribution in [3.8, 4) is 6.07 Å². The molecule has 16 heavy (non-hydrogen) atoms. The molecule has 0 spiro atoms. The van der Waals surface area contributed by atoms with E-state index in [9.17, 15) is 4.79 Å². The molecule has 1 unspecified atom stereocenters. The number of amides is 1. The zero-order chi connectivity index (χ0) is 11.7. The molecular formula is C11H8BrClN2O. The van der Waals surface area contributed by atoms with E-state index < -0.39 is 0 Å². The Morgan fingerprint density at radius 2 is 2.31 bits per heavy atom. The fourth-order valence-electron chi connectivity index (χ4n) is 1.75. The molecule has 0 N–H and O–H groups in total. The Morgan fingerprint density at radius 3 is 2.88 bits per heavy atom. The summed E-state index contributed by atoms with van der Waals surface area (Å²) in [6.45, 7) is 0.464. The van der Waals surface area contributed by atoms with Crippen LogP contribution < -0.4 is 4.90 Å². The van der Waals surface area contributed by atoms with Crippen molar-refractivity contribution in [2.24, 2.45) is 0 Å². The van der Waals surface area contributed by atoms with Gasteiger partial charge in [0.15, 0.2) is 0 Å². The van der Waals surface area contributed by atoms with Crippen LogP contribution in [0.5, 0.6) is 0 Å². The topological polar surface area (TPSA) is 44.1 Å². The first kappa shape index (κ1) is 11.4. The molecule has 0 bridgehead atoms. The molecule has 1 amide bonds. The van der Waals surface area contributed by atoms with Gasteiger partial charge < -0.3 is 4.90 Å². The Balaban J connectivity index is 2.45. The highest BCUT2D eigenvalue weighted by molar-refractivity contribution is 9.10. The summed E-state index contributed by atoms with van der Waals surface area (Å²) in [5.74, 6) is -0.0328. The Hall–Kier alpha value is -1.05. The van der Waals surface area contributed by atoms with Crippen molar-refractivity contribution in [3.63, 3.8) is 0 Å². The highest BCUT2D eigenvalue weighted by atomic mass is 79.9. The molecule has 1 aliphatic heterocycles. The third-order valence-electron chi connectivity index (χ3n) is 2.47. The summed E-state index contributed by atoms with van der Waals surface area (Å²) >= 11 is 9.23. The number of carbonyl (C=O) groups is 1. The molecule has 2 rings (SSSR count). The van der Waals surface area contributed by atoms with Gasteiger partial charge in [0, 0.05) is 17.4 Å². The van der Waals surface area contributed by atoms with Crippen molar-refractivity contribution < 1.29 is 4.79 Å². The van der Waals surface area contributed by atoms with E-state index in [1.165, 1.54) is 0 Å². The van der Waals surface area contributed by atoms with Gasteiger partial charge in [0.1, 0.15) is 6.07 Å². The summed E-state index contributed by atoms with van der Waals surface area (Å²) in [5.41, 5.74) is 1.10. The van der Waals surface area contributed by atoms with Gasteiger partial charge in [-0.15, -0.1) is 11.6 Å². The van der Waals surface area contributed by atoms with Crippen molar-refractivity contribution in [1.82, 2.24) is 0 Å². The van der Waals surface area contributed by atoms with Gasteiger partial charge in [-0.1, -0.05) is 6.07 Å². The molecule has 5 heteroatoms. The maximum absolute atomic E-state index is 11.7. The molecule has 3 nitrogen and oxygen atoms in total. The average Bonchev–Trinajstić information content (AvgIpc) is 2.57. The van der Waals surface area contributed by atoms with E-state index in [4.69, 9.17) is 16.9 Å². The lowest BCUT2D eigenvalue weighted by Crippen LogP contribution is -2.25. The largest absolute Gasteiger partial charge is 0.310 e. The Bertz CT molecular complexity index is 483. The van der Waals surface area contributed by atoms with Crippen LogP contribution in [-0.2, 0) is 4.79 Å². The number of carbonyl (C=O) groups excluding carboxylic acids is 1. The van der Waals surface area contributed by atoms with Crippen molar-refractivity contribution in [2.75, 3.05) is 11.4 Å². The molecule has 0 aliphatic carbocycles. The van der Waals surface area contributed by atoms with Gasteiger partial charge >= 0.3 is 0 Å². The highest BCUT2D eigenvalue weighted by Gasteiger charge is 2.30. The van der Waals surface area contributed by atoms with E-state index in [0.29, 0.717) is 28.7 Å². The minimum atomic E-state index is -0.168. The van der Waals surface area contributed by atoms with Crippen LogP contribution in [-0.4, -0.2) is 17.8 Å². The average molecular weight is 300 g/mol. The predicted octanol–water partition coefficient (Wildman–Crippen LogP) is 2.66. The number of alkyl halides is 1. The summed E-state index contributed by atoms with van der Waals surface area (Å²) in [6.07, 6.45) is 0.332. The van der Waals surface area contributed by atoms with E-state index in [2.05, 4.69) is 22.0 Å². The molecule has 0 aromatic heterocycles. The number of nitrogens with zero attached hydrogens (tertiary/aromatic N) is 2. The fraction of sp³-hybridized carbons (Fsp3) is 0.273. The zero-order valence-electron chi connectivity index (χ0n) is 8.28.